The maximum absolute atomic E-state index is 13.2. The van der Waals surface area contributed by atoms with Crippen molar-refractivity contribution in [3.8, 4) is 0 Å². The number of benzene rings is 1. The van der Waals surface area contributed by atoms with Gasteiger partial charge in [0, 0.05) is 23.4 Å². The first kappa shape index (κ1) is 13.1. The summed E-state index contributed by atoms with van der Waals surface area (Å²) in [5, 5.41) is 3.13. The van der Waals surface area contributed by atoms with Gasteiger partial charge in [0.05, 0.1) is 5.69 Å². The van der Waals surface area contributed by atoms with Crippen LogP contribution in [0.4, 0.5) is 16.0 Å². The van der Waals surface area contributed by atoms with Crippen molar-refractivity contribution in [2.75, 3.05) is 5.32 Å². The smallest absolute Gasteiger partial charge is 0.207 e. The van der Waals surface area contributed by atoms with E-state index < -0.39 is 0 Å². The van der Waals surface area contributed by atoms with Crippen LogP contribution < -0.4 is 5.32 Å². The van der Waals surface area contributed by atoms with Crippen LogP contribution in [0.15, 0.2) is 35.1 Å². The maximum atomic E-state index is 13.2. The number of aromatic nitrogens is 2. The molecule has 1 N–H and O–H groups in total. The second kappa shape index (κ2) is 5.52. The number of hydrogen-bond donors (Lipinski definition) is 1. The van der Waals surface area contributed by atoms with Crippen molar-refractivity contribution >= 4 is 27.6 Å². The average Bonchev–Trinajstić information content (AvgIpc) is 2.70. The zero-order valence-electron chi connectivity index (χ0n) is 10.3. The Morgan fingerprint density at radius 1 is 1.44 bits per heavy atom. The third kappa shape index (κ3) is 3.10. The molecule has 5 heteroatoms. The molecule has 2 aromatic rings. The third-order valence-electron chi connectivity index (χ3n) is 2.45. The predicted octanol–water partition coefficient (Wildman–Crippen LogP) is 4.18. The first-order chi connectivity index (χ1) is 8.56. The first-order valence-electron chi connectivity index (χ1n) is 5.79. The van der Waals surface area contributed by atoms with E-state index >= 15 is 0 Å². The quantitative estimate of drug-likeness (QED) is 0.917. The van der Waals surface area contributed by atoms with Crippen molar-refractivity contribution in [3.05, 3.63) is 40.9 Å². The van der Waals surface area contributed by atoms with Crippen LogP contribution in [0, 0.1) is 11.7 Å². The van der Waals surface area contributed by atoms with Crippen LogP contribution in [0.5, 0.6) is 0 Å². The Hall–Kier alpha value is -1.36. The summed E-state index contributed by atoms with van der Waals surface area (Å²) in [6.45, 7) is 5.15. The molecule has 0 aliphatic carbocycles. The van der Waals surface area contributed by atoms with Gasteiger partial charge in [-0.1, -0.05) is 13.8 Å². The van der Waals surface area contributed by atoms with Gasteiger partial charge in [0.1, 0.15) is 5.82 Å². The van der Waals surface area contributed by atoms with Crippen LogP contribution in [-0.4, -0.2) is 9.55 Å². The fourth-order valence-electron chi connectivity index (χ4n) is 1.69. The molecule has 0 aliphatic rings. The summed E-state index contributed by atoms with van der Waals surface area (Å²) < 4.78 is 16.0. The zero-order chi connectivity index (χ0) is 13.1. The molecule has 0 saturated heterocycles. The Morgan fingerprint density at radius 3 is 2.94 bits per heavy atom. The molecule has 1 aromatic carbocycles. The largest absolute Gasteiger partial charge is 0.324 e. The highest BCUT2D eigenvalue weighted by Gasteiger charge is 2.07. The Balaban J connectivity index is 2.23. The minimum Gasteiger partial charge on any atom is -0.324 e. The number of rotatable bonds is 4. The Kier molecular flexibility index (Phi) is 4.01. The molecule has 0 bridgehead atoms. The minimum absolute atomic E-state index is 0.275. The molecule has 96 valence electrons. The lowest BCUT2D eigenvalue weighted by Gasteiger charge is -2.12. The molecule has 1 aromatic heterocycles. The SMILES string of the molecule is CC(C)Cn1ccnc1Nc1cc(F)ccc1Br. The summed E-state index contributed by atoms with van der Waals surface area (Å²) in [7, 11) is 0. The van der Waals surface area contributed by atoms with Gasteiger partial charge in [-0.05, 0) is 40.0 Å². The summed E-state index contributed by atoms with van der Waals surface area (Å²) in [6.07, 6.45) is 3.65. The summed E-state index contributed by atoms with van der Waals surface area (Å²) >= 11 is 3.39. The summed E-state index contributed by atoms with van der Waals surface area (Å²) in [6, 6.07) is 4.53. The molecule has 2 rings (SSSR count). The number of imidazole rings is 1. The van der Waals surface area contributed by atoms with Crippen LogP contribution in [-0.2, 0) is 6.54 Å². The van der Waals surface area contributed by atoms with Gasteiger partial charge >= 0.3 is 0 Å². The van der Waals surface area contributed by atoms with Crippen LogP contribution in [0.25, 0.3) is 0 Å². The van der Waals surface area contributed by atoms with Crippen molar-refractivity contribution in [2.24, 2.45) is 5.92 Å². The monoisotopic (exact) mass is 311 g/mol. The lowest BCUT2D eigenvalue weighted by atomic mass is 10.2. The van der Waals surface area contributed by atoms with E-state index in [9.17, 15) is 4.39 Å². The Morgan fingerprint density at radius 2 is 2.22 bits per heavy atom. The van der Waals surface area contributed by atoms with E-state index in [0.717, 1.165) is 17.0 Å². The standard InChI is InChI=1S/C13H15BrFN3/c1-9(2)8-18-6-5-16-13(18)17-12-7-10(15)3-4-11(12)14/h3-7,9H,8H2,1-2H3,(H,16,17). The van der Waals surface area contributed by atoms with Gasteiger partial charge in [-0.2, -0.15) is 0 Å². The van der Waals surface area contributed by atoms with Gasteiger partial charge in [0.25, 0.3) is 0 Å². The van der Waals surface area contributed by atoms with Crippen molar-refractivity contribution in [1.29, 1.82) is 0 Å². The summed E-state index contributed by atoms with van der Waals surface area (Å²) in [5.41, 5.74) is 0.672. The highest BCUT2D eigenvalue weighted by molar-refractivity contribution is 9.10. The lowest BCUT2D eigenvalue weighted by molar-refractivity contribution is 0.527. The van der Waals surface area contributed by atoms with Gasteiger partial charge < -0.3 is 9.88 Å². The van der Waals surface area contributed by atoms with Crippen molar-refractivity contribution in [3.63, 3.8) is 0 Å². The normalized spacial score (nSPS) is 10.9. The van der Waals surface area contributed by atoms with Crippen molar-refractivity contribution < 1.29 is 4.39 Å². The van der Waals surface area contributed by atoms with Crippen LogP contribution >= 0.6 is 15.9 Å². The molecule has 1 heterocycles. The fraction of sp³-hybridized carbons (Fsp3) is 0.308. The number of nitrogens with zero attached hydrogens (tertiary/aromatic N) is 2. The van der Waals surface area contributed by atoms with Crippen LogP contribution in [0.3, 0.4) is 0 Å². The fourth-order valence-corrected chi connectivity index (χ4v) is 2.03. The number of halogens is 2. The molecular formula is C13H15BrFN3. The minimum atomic E-state index is -0.275. The van der Waals surface area contributed by atoms with Gasteiger partial charge in [-0.15, -0.1) is 0 Å². The molecule has 18 heavy (non-hydrogen) atoms. The van der Waals surface area contributed by atoms with E-state index in [2.05, 4.69) is 40.1 Å². The molecule has 0 radical (unpaired) electrons. The average molecular weight is 312 g/mol. The van der Waals surface area contributed by atoms with Crippen LogP contribution in [0.2, 0.25) is 0 Å². The van der Waals surface area contributed by atoms with Gasteiger partial charge in [0.15, 0.2) is 0 Å². The maximum Gasteiger partial charge on any atom is 0.207 e. The number of anilines is 2. The molecule has 0 atom stereocenters. The van der Waals surface area contributed by atoms with E-state index in [1.807, 2.05) is 10.8 Å². The van der Waals surface area contributed by atoms with Gasteiger partial charge in [-0.25, -0.2) is 9.37 Å². The molecular weight excluding hydrogens is 297 g/mol. The van der Waals surface area contributed by atoms with Crippen LogP contribution in [0.1, 0.15) is 13.8 Å². The molecule has 0 fully saturated rings. The Bertz CT molecular complexity index is 537. The summed E-state index contributed by atoms with van der Waals surface area (Å²) in [5.74, 6) is 0.966. The number of nitrogens with one attached hydrogen (secondary N) is 1. The lowest BCUT2D eigenvalue weighted by Crippen LogP contribution is -2.07. The molecule has 0 spiro atoms. The molecule has 3 nitrogen and oxygen atoms in total. The Labute approximate surface area is 114 Å². The van der Waals surface area contributed by atoms with Gasteiger partial charge in [-0.3, -0.25) is 0 Å². The van der Waals surface area contributed by atoms with E-state index in [-0.39, 0.29) is 5.82 Å². The predicted molar refractivity (Wildman–Crippen MR) is 74.4 cm³/mol. The number of hydrogen-bond acceptors (Lipinski definition) is 2. The topological polar surface area (TPSA) is 29.9 Å². The van der Waals surface area contributed by atoms with E-state index in [1.54, 1.807) is 12.3 Å². The highest BCUT2D eigenvalue weighted by atomic mass is 79.9. The van der Waals surface area contributed by atoms with E-state index in [0.29, 0.717) is 11.6 Å². The van der Waals surface area contributed by atoms with Crippen molar-refractivity contribution in [2.45, 2.75) is 20.4 Å². The molecule has 0 unspecified atom stereocenters. The third-order valence-corrected chi connectivity index (χ3v) is 3.14. The second-order valence-corrected chi connectivity index (χ2v) is 5.40. The molecule has 0 amide bonds. The second-order valence-electron chi connectivity index (χ2n) is 4.55. The zero-order valence-corrected chi connectivity index (χ0v) is 11.9. The summed E-state index contributed by atoms with van der Waals surface area (Å²) in [4.78, 5) is 4.24. The molecule has 0 saturated carbocycles. The van der Waals surface area contributed by atoms with Crippen molar-refractivity contribution in [1.82, 2.24) is 9.55 Å². The van der Waals surface area contributed by atoms with E-state index in [4.69, 9.17) is 0 Å². The molecule has 0 aliphatic heterocycles. The highest BCUT2D eigenvalue weighted by Crippen LogP contribution is 2.26. The van der Waals surface area contributed by atoms with Gasteiger partial charge in [0.2, 0.25) is 5.95 Å². The first-order valence-corrected chi connectivity index (χ1v) is 6.59. The van der Waals surface area contributed by atoms with E-state index in [1.165, 1.54) is 12.1 Å².